The Hall–Kier alpha value is -4.36. The quantitative estimate of drug-likeness (QED) is 0.129. The molecule has 0 atom stereocenters. The van der Waals surface area contributed by atoms with Gasteiger partial charge in [0.2, 0.25) is 5.91 Å². The fourth-order valence-electron chi connectivity index (χ4n) is 4.04. The normalized spacial score (nSPS) is 11.9. The summed E-state index contributed by atoms with van der Waals surface area (Å²) >= 11 is 12.5. The molecule has 0 aliphatic heterocycles. The highest BCUT2D eigenvalue weighted by molar-refractivity contribution is 6.36. The van der Waals surface area contributed by atoms with Crippen LogP contribution in [0.25, 0.3) is 10.9 Å². The third-order valence-electron chi connectivity index (χ3n) is 6.73. The van der Waals surface area contributed by atoms with E-state index in [0.29, 0.717) is 16.2 Å². The number of H-pyrrole nitrogens is 1. The first-order chi connectivity index (χ1) is 21.1. The van der Waals surface area contributed by atoms with Gasteiger partial charge in [-0.3, -0.25) is 14.4 Å². The number of nitrogens with one attached hydrogen (secondary N) is 4. The van der Waals surface area contributed by atoms with Crippen LogP contribution in [0, 0.1) is 5.41 Å². The first kappa shape index (κ1) is 33.5. The monoisotopic (exact) mass is 670 g/mol. The standard InChI is InChI=1S/C30H25Cl2F5N4O4/c1-29(2,30(35,36)37)28(44)39-13-15-3-5-21(31)19(9-15)26(42)40-16-4-6-24(45-14-25(33)34)20(10-16)27(43)41-17-11-22(32)18-7-8-38-23(18)12-17/h3-12,25,38H,13-14H2,1-2H3,(H,39,44)(H,40,42)(H,41,43). The molecule has 0 spiro atoms. The summed E-state index contributed by atoms with van der Waals surface area (Å²) < 4.78 is 70.5. The molecule has 4 rings (SSSR count). The van der Waals surface area contributed by atoms with Crippen LogP contribution in [0.15, 0.2) is 60.8 Å². The fraction of sp³-hybridized carbons (Fsp3) is 0.233. The molecule has 0 aliphatic carbocycles. The number of halogens is 7. The van der Waals surface area contributed by atoms with Gasteiger partial charge in [0.05, 0.1) is 21.2 Å². The number of benzene rings is 3. The second kappa shape index (κ2) is 13.3. The molecule has 0 radical (unpaired) electrons. The molecule has 1 aromatic heterocycles. The van der Waals surface area contributed by atoms with E-state index in [1.807, 2.05) is 0 Å². The van der Waals surface area contributed by atoms with Crippen LogP contribution in [0.2, 0.25) is 10.0 Å². The number of alkyl halides is 5. The molecule has 45 heavy (non-hydrogen) atoms. The van der Waals surface area contributed by atoms with Crippen LogP contribution in [0.5, 0.6) is 5.75 Å². The number of carbonyl (C=O) groups is 3. The molecule has 0 unspecified atom stereocenters. The summed E-state index contributed by atoms with van der Waals surface area (Å²) in [5.41, 5.74) is -1.64. The van der Waals surface area contributed by atoms with Crippen molar-refractivity contribution in [3.63, 3.8) is 0 Å². The molecule has 3 amide bonds. The molecule has 4 N–H and O–H groups in total. The van der Waals surface area contributed by atoms with E-state index >= 15 is 0 Å². The van der Waals surface area contributed by atoms with Crippen LogP contribution in [-0.4, -0.2) is 41.9 Å². The molecule has 4 aromatic rings. The lowest BCUT2D eigenvalue weighted by Gasteiger charge is -2.26. The zero-order chi connectivity index (χ0) is 33.1. The topological polar surface area (TPSA) is 112 Å². The van der Waals surface area contributed by atoms with Gasteiger partial charge in [0.1, 0.15) is 17.8 Å². The van der Waals surface area contributed by atoms with E-state index in [9.17, 15) is 36.3 Å². The van der Waals surface area contributed by atoms with Gasteiger partial charge in [0.15, 0.2) is 0 Å². The van der Waals surface area contributed by atoms with Gasteiger partial charge in [-0.25, -0.2) is 8.78 Å². The molecule has 0 aliphatic rings. The Kier molecular flexibility index (Phi) is 9.93. The van der Waals surface area contributed by atoms with Gasteiger partial charge >= 0.3 is 6.18 Å². The van der Waals surface area contributed by atoms with Crippen molar-refractivity contribution < 1.29 is 41.1 Å². The number of carbonyl (C=O) groups excluding carboxylic acids is 3. The number of anilines is 2. The van der Waals surface area contributed by atoms with E-state index in [1.54, 1.807) is 18.3 Å². The van der Waals surface area contributed by atoms with Crippen molar-refractivity contribution in [1.29, 1.82) is 0 Å². The van der Waals surface area contributed by atoms with Crippen LogP contribution in [0.1, 0.15) is 40.1 Å². The first-order valence-electron chi connectivity index (χ1n) is 13.1. The Bertz CT molecular complexity index is 1760. The van der Waals surface area contributed by atoms with Crippen molar-refractivity contribution in [1.82, 2.24) is 10.3 Å². The van der Waals surface area contributed by atoms with Crippen LogP contribution in [0.4, 0.5) is 33.3 Å². The van der Waals surface area contributed by atoms with E-state index in [0.717, 1.165) is 19.2 Å². The van der Waals surface area contributed by atoms with E-state index in [4.69, 9.17) is 27.9 Å². The summed E-state index contributed by atoms with van der Waals surface area (Å²) in [5, 5.41) is 8.44. The number of rotatable bonds is 10. The predicted octanol–water partition coefficient (Wildman–Crippen LogP) is 7.83. The third-order valence-corrected chi connectivity index (χ3v) is 7.37. The Morgan fingerprint density at radius 3 is 2.24 bits per heavy atom. The van der Waals surface area contributed by atoms with Crippen molar-refractivity contribution in [2.45, 2.75) is 33.0 Å². The van der Waals surface area contributed by atoms with Crippen LogP contribution in [0.3, 0.4) is 0 Å². The third kappa shape index (κ3) is 7.84. The van der Waals surface area contributed by atoms with Crippen molar-refractivity contribution in [3.8, 4) is 5.75 Å². The minimum Gasteiger partial charge on any atom is -0.487 e. The molecule has 238 valence electrons. The fourth-order valence-corrected chi connectivity index (χ4v) is 4.53. The molecule has 3 aromatic carbocycles. The van der Waals surface area contributed by atoms with Gasteiger partial charge in [-0.15, -0.1) is 0 Å². The van der Waals surface area contributed by atoms with Gasteiger partial charge in [-0.05, 0) is 67.9 Å². The van der Waals surface area contributed by atoms with Crippen molar-refractivity contribution >= 4 is 63.2 Å². The highest BCUT2D eigenvalue weighted by atomic mass is 35.5. The smallest absolute Gasteiger partial charge is 0.402 e. The SMILES string of the molecule is CC(C)(C(=O)NCc1ccc(Cl)c(C(=O)Nc2ccc(OCC(F)F)c(C(=O)Nc3cc(Cl)c4cc[nH]c4c3)c2)c1)C(F)(F)F. The molecule has 0 saturated heterocycles. The van der Waals surface area contributed by atoms with Crippen LogP contribution >= 0.6 is 23.2 Å². The zero-order valence-electron chi connectivity index (χ0n) is 23.5. The van der Waals surface area contributed by atoms with Gasteiger partial charge in [-0.1, -0.05) is 29.3 Å². The number of ether oxygens (including phenoxy) is 1. The summed E-state index contributed by atoms with van der Waals surface area (Å²) in [6, 6.07) is 12.7. The second-order valence-electron chi connectivity index (χ2n) is 10.3. The number of hydrogen-bond donors (Lipinski definition) is 4. The summed E-state index contributed by atoms with van der Waals surface area (Å²) in [7, 11) is 0. The maximum atomic E-state index is 13.3. The Morgan fingerprint density at radius 1 is 0.867 bits per heavy atom. The average molecular weight is 671 g/mol. The molecule has 0 bridgehead atoms. The number of fused-ring (bicyclic) bond motifs is 1. The minimum atomic E-state index is -4.78. The molecular weight excluding hydrogens is 646 g/mol. The number of hydrogen-bond acceptors (Lipinski definition) is 4. The van der Waals surface area contributed by atoms with Gasteiger partial charge in [0, 0.05) is 35.0 Å². The Morgan fingerprint density at radius 2 is 1.56 bits per heavy atom. The van der Waals surface area contributed by atoms with Crippen molar-refractivity contribution in [2.24, 2.45) is 5.41 Å². The van der Waals surface area contributed by atoms with Crippen LogP contribution in [-0.2, 0) is 11.3 Å². The largest absolute Gasteiger partial charge is 0.487 e. The van der Waals surface area contributed by atoms with E-state index < -0.39 is 42.3 Å². The Balaban J connectivity index is 1.55. The lowest BCUT2D eigenvalue weighted by molar-refractivity contribution is -0.211. The lowest BCUT2D eigenvalue weighted by Crippen LogP contribution is -2.46. The lowest BCUT2D eigenvalue weighted by atomic mass is 9.91. The maximum Gasteiger partial charge on any atom is 0.402 e. The van der Waals surface area contributed by atoms with Crippen LogP contribution < -0.4 is 20.7 Å². The predicted molar refractivity (Wildman–Crippen MR) is 160 cm³/mol. The summed E-state index contributed by atoms with van der Waals surface area (Å²) in [4.78, 5) is 41.5. The van der Waals surface area contributed by atoms with Crippen molar-refractivity contribution in [2.75, 3.05) is 17.2 Å². The van der Waals surface area contributed by atoms with Gasteiger partial charge in [0.25, 0.3) is 18.2 Å². The zero-order valence-corrected chi connectivity index (χ0v) is 25.1. The molecule has 0 fully saturated rings. The first-order valence-corrected chi connectivity index (χ1v) is 13.9. The van der Waals surface area contributed by atoms with E-state index in [-0.39, 0.29) is 39.7 Å². The molecule has 15 heteroatoms. The second-order valence-corrected chi connectivity index (χ2v) is 11.2. The average Bonchev–Trinajstić information content (AvgIpc) is 3.44. The van der Waals surface area contributed by atoms with Crippen molar-refractivity contribution in [3.05, 3.63) is 87.5 Å². The number of aromatic nitrogens is 1. The Labute approximate surface area is 263 Å². The molecular formula is C30H25Cl2F5N4O4. The number of amides is 3. The summed E-state index contributed by atoms with van der Waals surface area (Å²) in [6.45, 7) is 0.174. The van der Waals surface area contributed by atoms with Gasteiger partial charge < -0.3 is 25.7 Å². The molecule has 1 heterocycles. The summed E-state index contributed by atoms with van der Waals surface area (Å²) in [6.07, 6.45) is -5.94. The highest BCUT2D eigenvalue weighted by Crippen LogP contribution is 2.37. The number of aromatic amines is 1. The molecule has 0 saturated carbocycles. The highest BCUT2D eigenvalue weighted by Gasteiger charge is 2.52. The van der Waals surface area contributed by atoms with E-state index in [2.05, 4.69) is 20.9 Å². The van der Waals surface area contributed by atoms with E-state index in [1.165, 1.54) is 42.5 Å². The van der Waals surface area contributed by atoms with Gasteiger partial charge in [-0.2, -0.15) is 13.2 Å². The summed E-state index contributed by atoms with van der Waals surface area (Å²) in [5.74, 6) is -2.96. The minimum absolute atomic E-state index is 0.00959. The maximum absolute atomic E-state index is 13.3. The molecule has 8 nitrogen and oxygen atoms in total.